The Morgan fingerprint density at radius 1 is 1.62 bits per heavy atom. The summed E-state index contributed by atoms with van der Waals surface area (Å²) in [5, 5.41) is 0.755. The van der Waals surface area contributed by atoms with Crippen molar-refractivity contribution >= 4 is 17.7 Å². The molecule has 0 aliphatic carbocycles. The predicted molar refractivity (Wildman–Crippen MR) is 63.8 cm³/mol. The monoisotopic (exact) mass is 243 g/mol. The fourth-order valence-electron chi connectivity index (χ4n) is 1.01. The minimum atomic E-state index is -0.352. The second-order valence-electron chi connectivity index (χ2n) is 3.47. The zero-order valence-electron chi connectivity index (χ0n) is 9.82. The molecule has 1 heterocycles. The molecule has 0 aliphatic rings. The molecule has 0 spiro atoms. The molecule has 6 heteroatoms. The number of esters is 1. The van der Waals surface area contributed by atoms with E-state index in [1.807, 2.05) is 14.1 Å². The lowest BCUT2D eigenvalue weighted by molar-refractivity contribution is 0.0519. The van der Waals surface area contributed by atoms with Gasteiger partial charge in [0.15, 0.2) is 5.16 Å². The molecule has 90 valence electrons. The lowest BCUT2D eigenvalue weighted by atomic mass is 10.5. The van der Waals surface area contributed by atoms with E-state index < -0.39 is 0 Å². The molecule has 0 saturated heterocycles. The maximum absolute atomic E-state index is 11.3. The lowest BCUT2D eigenvalue weighted by Gasteiger charge is -2.06. The van der Waals surface area contributed by atoms with Gasteiger partial charge in [-0.25, -0.2) is 9.78 Å². The quantitative estimate of drug-likeness (QED) is 0.602. The van der Waals surface area contributed by atoms with Crippen LogP contribution in [0.3, 0.4) is 0 Å². The lowest BCUT2D eigenvalue weighted by Crippen LogP contribution is -2.14. The molecule has 1 aromatic heterocycles. The molecule has 1 N–H and O–H groups in total. The first kappa shape index (κ1) is 13.1. The molecule has 0 amide bonds. The Morgan fingerprint density at radius 2 is 2.38 bits per heavy atom. The molecule has 0 aromatic carbocycles. The number of carbonyl (C=O) groups is 1. The third-order valence-electron chi connectivity index (χ3n) is 1.83. The number of carbonyl (C=O) groups excluding carboxylic acids is 1. The molecule has 0 radical (unpaired) electrons. The Kier molecular flexibility index (Phi) is 5.34. The van der Waals surface area contributed by atoms with Crippen molar-refractivity contribution in [3.8, 4) is 0 Å². The van der Waals surface area contributed by atoms with Crippen molar-refractivity contribution < 1.29 is 9.53 Å². The van der Waals surface area contributed by atoms with Gasteiger partial charge in [-0.3, -0.25) is 0 Å². The summed E-state index contributed by atoms with van der Waals surface area (Å²) in [6.45, 7) is 3.13. The van der Waals surface area contributed by atoms with Crippen molar-refractivity contribution in [2.75, 3.05) is 33.0 Å². The number of rotatable bonds is 6. The van der Waals surface area contributed by atoms with Crippen molar-refractivity contribution in [1.29, 1.82) is 0 Å². The van der Waals surface area contributed by atoms with Gasteiger partial charge >= 0.3 is 5.97 Å². The molecule has 0 bridgehead atoms. The Hall–Kier alpha value is -1.01. The van der Waals surface area contributed by atoms with Crippen LogP contribution in [0.5, 0.6) is 0 Å². The molecule has 0 unspecified atom stereocenters. The highest BCUT2D eigenvalue weighted by atomic mass is 32.2. The van der Waals surface area contributed by atoms with Crippen LogP contribution in [0.4, 0.5) is 0 Å². The molecular weight excluding hydrogens is 226 g/mol. The summed E-state index contributed by atoms with van der Waals surface area (Å²) in [6.07, 6.45) is 1.51. The number of hydrogen-bond acceptors (Lipinski definition) is 5. The molecular formula is C10H17N3O2S. The Morgan fingerprint density at radius 3 is 3.00 bits per heavy atom. The van der Waals surface area contributed by atoms with Gasteiger partial charge in [-0.05, 0) is 21.0 Å². The number of aromatic nitrogens is 2. The van der Waals surface area contributed by atoms with E-state index in [9.17, 15) is 4.79 Å². The van der Waals surface area contributed by atoms with E-state index in [0.29, 0.717) is 12.3 Å². The summed E-state index contributed by atoms with van der Waals surface area (Å²) in [6, 6.07) is 0. The Balaban J connectivity index is 2.42. The SMILES string of the molecule is CCOC(=O)c1cnc(SCCN(C)C)[nH]1. The van der Waals surface area contributed by atoms with Crippen LogP contribution in [-0.4, -0.2) is 53.8 Å². The third-order valence-corrected chi connectivity index (χ3v) is 2.69. The fraction of sp³-hybridized carbons (Fsp3) is 0.600. The molecule has 0 atom stereocenters. The van der Waals surface area contributed by atoms with Crippen LogP contribution in [0.15, 0.2) is 11.4 Å². The first-order chi connectivity index (χ1) is 7.63. The molecule has 0 fully saturated rings. The minimum Gasteiger partial charge on any atom is -0.461 e. The van der Waals surface area contributed by atoms with Crippen LogP contribution >= 0.6 is 11.8 Å². The van der Waals surface area contributed by atoms with E-state index in [1.165, 1.54) is 6.20 Å². The average molecular weight is 243 g/mol. The van der Waals surface area contributed by atoms with Gasteiger partial charge in [0.05, 0.1) is 12.8 Å². The topological polar surface area (TPSA) is 58.2 Å². The first-order valence-electron chi connectivity index (χ1n) is 5.13. The van der Waals surface area contributed by atoms with E-state index in [2.05, 4.69) is 14.9 Å². The number of H-pyrrole nitrogens is 1. The minimum absolute atomic E-state index is 0.352. The summed E-state index contributed by atoms with van der Waals surface area (Å²) < 4.78 is 4.86. The fourth-order valence-corrected chi connectivity index (χ4v) is 1.97. The van der Waals surface area contributed by atoms with Gasteiger partial charge in [-0.2, -0.15) is 0 Å². The zero-order valence-corrected chi connectivity index (χ0v) is 10.6. The summed E-state index contributed by atoms with van der Waals surface area (Å²) in [7, 11) is 4.04. The van der Waals surface area contributed by atoms with E-state index in [1.54, 1.807) is 18.7 Å². The number of thioether (sulfide) groups is 1. The van der Waals surface area contributed by atoms with Crippen LogP contribution in [0.25, 0.3) is 0 Å². The number of hydrogen-bond donors (Lipinski definition) is 1. The molecule has 1 aromatic rings. The van der Waals surface area contributed by atoms with Gasteiger partial charge in [-0.1, -0.05) is 11.8 Å². The van der Waals surface area contributed by atoms with Crippen LogP contribution in [0.1, 0.15) is 17.4 Å². The number of imidazole rings is 1. The van der Waals surface area contributed by atoms with Crippen molar-refractivity contribution in [1.82, 2.24) is 14.9 Å². The molecule has 1 rings (SSSR count). The summed E-state index contributed by atoms with van der Waals surface area (Å²) in [5.41, 5.74) is 0.411. The number of nitrogens with zero attached hydrogens (tertiary/aromatic N) is 2. The highest BCUT2D eigenvalue weighted by molar-refractivity contribution is 7.99. The Labute approximate surface area is 99.6 Å². The average Bonchev–Trinajstić information content (AvgIpc) is 2.66. The van der Waals surface area contributed by atoms with Crippen LogP contribution in [-0.2, 0) is 4.74 Å². The van der Waals surface area contributed by atoms with Gasteiger partial charge < -0.3 is 14.6 Å². The van der Waals surface area contributed by atoms with Crippen LogP contribution < -0.4 is 0 Å². The largest absolute Gasteiger partial charge is 0.461 e. The molecule has 5 nitrogen and oxygen atoms in total. The number of ether oxygens (including phenoxy) is 1. The van der Waals surface area contributed by atoms with Crippen molar-refractivity contribution in [3.05, 3.63) is 11.9 Å². The van der Waals surface area contributed by atoms with Crippen LogP contribution in [0, 0.1) is 0 Å². The smallest absolute Gasteiger partial charge is 0.356 e. The predicted octanol–water partition coefficient (Wildman–Crippen LogP) is 1.24. The second kappa shape index (κ2) is 6.55. The van der Waals surface area contributed by atoms with E-state index in [0.717, 1.165) is 17.5 Å². The van der Waals surface area contributed by atoms with E-state index >= 15 is 0 Å². The number of nitrogens with one attached hydrogen (secondary N) is 1. The van der Waals surface area contributed by atoms with E-state index in [-0.39, 0.29) is 5.97 Å². The number of aromatic amines is 1. The highest BCUT2D eigenvalue weighted by Gasteiger charge is 2.10. The maximum atomic E-state index is 11.3. The third kappa shape index (κ3) is 4.24. The normalized spacial score (nSPS) is 10.8. The zero-order chi connectivity index (χ0) is 12.0. The van der Waals surface area contributed by atoms with Gasteiger partial charge in [-0.15, -0.1) is 0 Å². The van der Waals surface area contributed by atoms with Crippen LogP contribution in [0.2, 0.25) is 0 Å². The summed E-state index contributed by atoms with van der Waals surface area (Å²) in [5.74, 6) is 0.581. The van der Waals surface area contributed by atoms with Crippen molar-refractivity contribution in [2.45, 2.75) is 12.1 Å². The van der Waals surface area contributed by atoms with E-state index in [4.69, 9.17) is 4.74 Å². The van der Waals surface area contributed by atoms with Crippen molar-refractivity contribution in [3.63, 3.8) is 0 Å². The summed E-state index contributed by atoms with van der Waals surface area (Å²) in [4.78, 5) is 20.5. The maximum Gasteiger partial charge on any atom is 0.356 e. The first-order valence-corrected chi connectivity index (χ1v) is 6.11. The highest BCUT2D eigenvalue weighted by Crippen LogP contribution is 2.13. The summed E-state index contributed by atoms with van der Waals surface area (Å²) >= 11 is 1.59. The molecule has 16 heavy (non-hydrogen) atoms. The van der Waals surface area contributed by atoms with Gasteiger partial charge in [0.1, 0.15) is 5.69 Å². The molecule has 0 saturated carbocycles. The molecule has 0 aliphatic heterocycles. The second-order valence-corrected chi connectivity index (χ2v) is 4.56. The standard InChI is InChI=1S/C10H17N3O2S/c1-4-15-9(14)8-7-11-10(12-8)16-6-5-13(2)3/h7H,4-6H2,1-3H3,(H,11,12). The van der Waals surface area contributed by atoms with Crippen molar-refractivity contribution in [2.24, 2.45) is 0 Å². The van der Waals surface area contributed by atoms with Gasteiger partial charge in [0, 0.05) is 12.3 Å². The van der Waals surface area contributed by atoms with Gasteiger partial charge in [0.2, 0.25) is 0 Å². The van der Waals surface area contributed by atoms with Gasteiger partial charge in [0.25, 0.3) is 0 Å². The Bertz CT molecular complexity index is 339.